The quantitative estimate of drug-likeness (QED) is 0.712. The number of H-pyrrole nitrogens is 1. The molecule has 0 saturated heterocycles. The van der Waals surface area contributed by atoms with Crippen LogP contribution in [0.3, 0.4) is 0 Å². The summed E-state index contributed by atoms with van der Waals surface area (Å²) in [5, 5.41) is 2.86. The molecule has 0 spiro atoms. The molecule has 5 heteroatoms. The molecule has 3 aromatic rings. The second-order valence-electron chi connectivity index (χ2n) is 5.51. The number of fused-ring (bicyclic) bond motifs is 1. The molecular formula is C18H19N3O2. The second-order valence-corrected chi connectivity index (χ2v) is 5.51. The third kappa shape index (κ3) is 3.51. The molecule has 23 heavy (non-hydrogen) atoms. The van der Waals surface area contributed by atoms with Gasteiger partial charge in [-0.2, -0.15) is 0 Å². The first kappa shape index (κ1) is 15.1. The van der Waals surface area contributed by atoms with Crippen molar-refractivity contribution in [3.63, 3.8) is 0 Å². The average Bonchev–Trinajstić information content (AvgIpc) is 3.00. The van der Waals surface area contributed by atoms with E-state index in [9.17, 15) is 4.79 Å². The standard InChI is InChI=1S/C18H19N3O2/c1-12-3-6-17(13(2)9-12)23-8-7-19-18(22)14-4-5-15-16(10-14)21-11-20-15/h3-6,9-11H,7-8H2,1-2H3,(H,19,22)(H,20,21). The van der Waals surface area contributed by atoms with Crippen LogP contribution in [0, 0.1) is 13.8 Å². The number of nitrogens with one attached hydrogen (secondary N) is 2. The van der Waals surface area contributed by atoms with Crippen molar-refractivity contribution < 1.29 is 9.53 Å². The molecule has 0 fully saturated rings. The van der Waals surface area contributed by atoms with Crippen LogP contribution >= 0.6 is 0 Å². The number of aryl methyl sites for hydroxylation is 2. The van der Waals surface area contributed by atoms with E-state index < -0.39 is 0 Å². The molecular weight excluding hydrogens is 290 g/mol. The molecule has 0 unspecified atom stereocenters. The molecule has 0 bridgehead atoms. The maximum absolute atomic E-state index is 12.1. The van der Waals surface area contributed by atoms with Gasteiger partial charge in [0.2, 0.25) is 0 Å². The van der Waals surface area contributed by atoms with Gasteiger partial charge in [0.15, 0.2) is 0 Å². The highest BCUT2D eigenvalue weighted by atomic mass is 16.5. The Bertz CT molecular complexity index is 839. The van der Waals surface area contributed by atoms with Gasteiger partial charge in [-0.15, -0.1) is 0 Å². The number of carbonyl (C=O) groups is 1. The summed E-state index contributed by atoms with van der Waals surface area (Å²) in [7, 11) is 0. The molecule has 1 heterocycles. The van der Waals surface area contributed by atoms with Gasteiger partial charge in [-0.05, 0) is 43.7 Å². The van der Waals surface area contributed by atoms with Crippen molar-refractivity contribution in [2.45, 2.75) is 13.8 Å². The SMILES string of the molecule is Cc1ccc(OCCNC(=O)c2ccc3nc[nH]c3c2)c(C)c1. The Hall–Kier alpha value is -2.82. The van der Waals surface area contributed by atoms with Crippen LogP contribution in [-0.2, 0) is 0 Å². The molecule has 0 aliphatic carbocycles. The van der Waals surface area contributed by atoms with Crippen molar-refractivity contribution in [1.29, 1.82) is 0 Å². The van der Waals surface area contributed by atoms with E-state index in [0.29, 0.717) is 18.7 Å². The van der Waals surface area contributed by atoms with Crippen LogP contribution < -0.4 is 10.1 Å². The smallest absolute Gasteiger partial charge is 0.251 e. The lowest BCUT2D eigenvalue weighted by molar-refractivity contribution is 0.0947. The highest BCUT2D eigenvalue weighted by Gasteiger charge is 2.07. The fourth-order valence-corrected chi connectivity index (χ4v) is 2.47. The van der Waals surface area contributed by atoms with Crippen LogP contribution in [0.1, 0.15) is 21.5 Å². The second kappa shape index (κ2) is 6.52. The number of aromatic amines is 1. The number of nitrogens with zero attached hydrogens (tertiary/aromatic N) is 1. The molecule has 1 amide bonds. The monoisotopic (exact) mass is 309 g/mol. The van der Waals surface area contributed by atoms with E-state index in [2.05, 4.69) is 21.4 Å². The number of amides is 1. The molecule has 2 N–H and O–H groups in total. The van der Waals surface area contributed by atoms with Crippen LogP contribution in [0.4, 0.5) is 0 Å². The van der Waals surface area contributed by atoms with Crippen molar-refractivity contribution in [2.75, 3.05) is 13.2 Å². The third-order valence-electron chi connectivity index (χ3n) is 3.66. The minimum absolute atomic E-state index is 0.120. The molecule has 5 nitrogen and oxygen atoms in total. The molecule has 0 aliphatic rings. The van der Waals surface area contributed by atoms with Gasteiger partial charge in [0, 0.05) is 5.56 Å². The van der Waals surface area contributed by atoms with Crippen molar-refractivity contribution in [3.05, 3.63) is 59.4 Å². The number of rotatable bonds is 5. The van der Waals surface area contributed by atoms with E-state index in [1.54, 1.807) is 18.5 Å². The van der Waals surface area contributed by atoms with Crippen LogP contribution in [0.2, 0.25) is 0 Å². The molecule has 0 atom stereocenters. The fraction of sp³-hybridized carbons (Fsp3) is 0.222. The summed E-state index contributed by atoms with van der Waals surface area (Å²) in [5.41, 5.74) is 4.61. The summed E-state index contributed by atoms with van der Waals surface area (Å²) in [6, 6.07) is 11.4. The Balaban J connectivity index is 1.52. The van der Waals surface area contributed by atoms with E-state index in [1.165, 1.54) is 5.56 Å². The first-order valence-electron chi connectivity index (χ1n) is 7.55. The van der Waals surface area contributed by atoms with Crippen LogP contribution in [-0.4, -0.2) is 29.0 Å². The van der Waals surface area contributed by atoms with Crippen molar-refractivity contribution in [3.8, 4) is 5.75 Å². The van der Waals surface area contributed by atoms with E-state index in [-0.39, 0.29) is 5.91 Å². The number of ether oxygens (including phenoxy) is 1. The Labute approximate surface area is 134 Å². The lowest BCUT2D eigenvalue weighted by Crippen LogP contribution is -2.28. The van der Waals surface area contributed by atoms with Gasteiger partial charge in [0.1, 0.15) is 12.4 Å². The molecule has 0 saturated carbocycles. The highest BCUT2D eigenvalue weighted by Crippen LogP contribution is 2.18. The minimum atomic E-state index is -0.120. The summed E-state index contributed by atoms with van der Waals surface area (Å²) >= 11 is 0. The molecule has 3 rings (SSSR count). The summed E-state index contributed by atoms with van der Waals surface area (Å²) in [6.07, 6.45) is 1.62. The molecule has 1 aromatic heterocycles. The lowest BCUT2D eigenvalue weighted by Gasteiger charge is -2.10. The molecule has 0 radical (unpaired) electrons. The Morgan fingerprint density at radius 3 is 2.91 bits per heavy atom. The zero-order chi connectivity index (χ0) is 16.2. The van der Waals surface area contributed by atoms with E-state index >= 15 is 0 Å². The van der Waals surface area contributed by atoms with Gasteiger partial charge >= 0.3 is 0 Å². The number of benzene rings is 2. The molecule has 2 aromatic carbocycles. The van der Waals surface area contributed by atoms with Crippen LogP contribution in [0.15, 0.2) is 42.7 Å². The van der Waals surface area contributed by atoms with Gasteiger partial charge in [-0.25, -0.2) is 4.98 Å². The van der Waals surface area contributed by atoms with Crippen molar-refractivity contribution in [2.24, 2.45) is 0 Å². The van der Waals surface area contributed by atoms with Gasteiger partial charge in [0.05, 0.1) is 23.9 Å². The van der Waals surface area contributed by atoms with E-state index in [1.807, 2.05) is 32.0 Å². The summed E-state index contributed by atoms with van der Waals surface area (Å²) in [4.78, 5) is 19.3. The summed E-state index contributed by atoms with van der Waals surface area (Å²) < 4.78 is 5.71. The maximum Gasteiger partial charge on any atom is 0.251 e. The average molecular weight is 309 g/mol. The van der Waals surface area contributed by atoms with Crippen LogP contribution in [0.5, 0.6) is 5.75 Å². The number of aromatic nitrogens is 2. The Morgan fingerprint density at radius 1 is 1.22 bits per heavy atom. The zero-order valence-electron chi connectivity index (χ0n) is 13.2. The maximum atomic E-state index is 12.1. The molecule has 118 valence electrons. The number of carbonyl (C=O) groups excluding carboxylic acids is 1. The van der Waals surface area contributed by atoms with E-state index in [4.69, 9.17) is 4.74 Å². The Kier molecular flexibility index (Phi) is 4.28. The van der Waals surface area contributed by atoms with Crippen LogP contribution in [0.25, 0.3) is 11.0 Å². The largest absolute Gasteiger partial charge is 0.491 e. The van der Waals surface area contributed by atoms with Gasteiger partial charge < -0.3 is 15.0 Å². The predicted octanol–water partition coefficient (Wildman–Crippen LogP) is 2.99. The van der Waals surface area contributed by atoms with Crippen molar-refractivity contribution >= 4 is 16.9 Å². The first-order valence-corrected chi connectivity index (χ1v) is 7.55. The Morgan fingerprint density at radius 2 is 2.09 bits per heavy atom. The number of hydrogen-bond donors (Lipinski definition) is 2. The first-order chi connectivity index (χ1) is 11.1. The number of hydrogen-bond acceptors (Lipinski definition) is 3. The van der Waals surface area contributed by atoms with E-state index in [0.717, 1.165) is 22.3 Å². The third-order valence-corrected chi connectivity index (χ3v) is 3.66. The normalized spacial score (nSPS) is 10.7. The molecule has 0 aliphatic heterocycles. The predicted molar refractivity (Wildman–Crippen MR) is 89.8 cm³/mol. The summed E-state index contributed by atoms with van der Waals surface area (Å²) in [6.45, 7) is 4.95. The minimum Gasteiger partial charge on any atom is -0.491 e. The summed E-state index contributed by atoms with van der Waals surface area (Å²) in [5.74, 6) is 0.731. The van der Waals surface area contributed by atoms with Gasteiger partial charge in [-0.1, -0.05) is 17.7 Å². The fourth-order valence-electron chi connectivity index (χ4n) is 2.47. The number of imidazole rings is 1. The zero-order valence-corrected chi connectivity index (χ0v) is 13.2. The van der Waals surface area contributed by atoms with Crippen molar-refractivity contribution in [1.82, 2.24) is 15.3 Å². The lowest BCUT2D eigenvalue weighted by atomic mass is 10.1. The topological polar surface area (TPSA) is 67.0 Å². The highest BCUT2D eigenvalue weighted by molar-refractivity contribution is 5.97. The van der Waals surface area contributed by atoms with Gasteiger partial charge in [-0.3, -0.25) is 4.79 Å². The van der Waals surface area contributed by atoms with Gasteiger partial charge in [0.25, 0.3) is 5.91 Å².